The Kier molecular flexibility index (Phi) is 5.23. The number of hydrogen-bond acceptors (Lipinski definition) is 3. The zero-order valence-electron chi connectivity index (χ0n) is 15.6. The van der Waals surface area contributed by atoms with Crippen molar-refractivity contribution in [1.29, 1.82) is 0 Å². The van der Waals surface area contributed by atoms with Gasteiger partial charge >= 0.3 is 0 Å². The average molecular weight is 340 g/mol. The predicted octanol–water partition coefficient (Wildman–Crippen LogP) is 2.01. The molecule has 0 radical (unpaired) electrons. The molecule has 3 rings (SSSR count). The molecular weight excluding hydrogens is 312 g/mol. The van der Waals surface area contributed by atoms with Crippen molar-refractivity contribution in [2.75, 3.05) is 19.6 Å². The highest BCUT2D eigenvalue weighted by atomic mass is 16.1. The summed E-state index contributed by atoms with van der Waals surface area (Å²) in [5.41, 5.74) is 6.39. The molecule has 2 aromatic rings. The third-order valence-corrected chi connectivity index (χ3v) is 5.22. The minimum Gasteiger partial charge on any atom is -0.355 e. The number of nitrogens with zero attached hydrogens (tertiary/aromatic N) is 2. The smallest absolute Gasteiger partial charge is 0.225 e. The Hall–Kier alpha value is -2.14. The van der Waals surface area contributed by atoms with Crippen LogP contribution >= 0.6 is 0 Å². The van der Waals surface area contributed by atoms with E-state index >= 15 is 0 Å². The minimum absolute atomic E-state index is 0.0237. The van der Waals surface area contributed by atoms with Crippen molar-refractivity contribution < 1.29 is 4.79 Å². The minimum atomic E-state index is -0.0237. The van der Waals surface area contributed by atoms with Crippen molar-refractivity contribution in [1.82, 2.24) is 20.4 Å². The number of aryl methyl sites for hydroxylation is 4. The van der Waals surface area contributed by atoms with Gasteiger partial charge in [-0.2, -0.15) is 5.10 Å². The average Bonchev–Trinajstić information content (AvgIpc) is 3.18. The van der Waals surface area contributed by atoms with Gasteiger partial charge in [-0.25, -0.2) is 0 Å². The lowest BCUT2D eigenvalue weighted by Gasteiger charge is -2.18. The van der Waals surface area contributed by atoms with Gasteiger partial charge in [0.25, 0.3) is 0 Å². The Bertz CT molecular complexity index is 742. The number of nitrogens with one attached hydrogen (secondary N) is 2. The Labute approximate surface area is 149 Å². The molecule has 0 spiro atoms. The van der Waals surface area contributed by atoms with E-state index in [-0.39, 0.29) is 17.7 Å². The third-order valence-electron chi connectivity index (χ3n) is 5.22. The summed E-state index contributed by atoms with van der Waals surface area (Å²) in [6.07, 6.45) is 4.76. The van der Waals surface area contributed by atoms with Crippen LogP contribution in [0.4, 0.5) is 0 Å². The standard InChI is InChI=1S/C20H28N4O/c1-13-7-14(2)17(15(3)8-13)5-6-22-20(25)19-11-21-10-18(19)16-9-23-24(4)12-16/h7-9,12,18-19,21H,5-6,10-11H2,1-4H3,(H,22,25)/t18-,19+/m1/s1. The second-order valence-electron chi connectivity index (χ2n) is 7.24. The van der Waals surface area contributed by atoms with E-state index in [4.69, 9.17) is 0 Å². The SMILES string of the molecule is Cc1cc(C)c(CCNC(=O)[C@H]2CNC[C@@H]2c2cnn(C)c2)c(C)c1. The second-order valence-corrected chi connectivity index (χ2v) is 7.24. The number of hydrogen-bond donors (Lipinski definition) is 2. The first-order valence-corrected chi connectivity index (χ1v) is 8.99. The number of benzene rings is 1. The van der Waals surface area contributed by atoms with E-state index in [2.05, 4.69) is 48.6 Å². The van der Waals surface area contributed by atoms with E-state index in [0.29, 0.717) is 6.54 Å². The topological polar surface area (TPSA) is 59.0 Å². The molecule has 25 heavy (non-hydrogen) atoms. The van der Waals surface area contributed by atoms with Gasteiger partial charge in [-0.15, -0.1) is 0 Å². The van der Waals surface area contributed by atoms with Crippen LogP contribution in [0.5, 0.6) is 0 Å². The van der Waals surface area contributed by atoms with E-state index in [0.717, 1.165) is 25.1 Å². The molecule has 1 aromatic heterocycles. The van der Waals surface area contributed by atoms with E-state index < -0.39 is 0 Å². The highest BCUT2D eigenvalue weighted by Gasteiger charge is 2.34. The number of amides is 1. The molecule has 0 bridgehead atoms. The summed E-state index contributed by atoms with van der Waals surface area (Å²) in [4.78, 5) is 12.7. The van der Waals surface area contributed by atoms with Gasteiger partial charge in [-0.05, 0) is 49.4 Å². The van der Waals surface area contributed by atoms with Crippen molar-refractivity contribution in [3.8, 4) is 0 Å². The fourth-order valence-corrected chi connectivity index (χ4v) is 3.98. The largest absolute Gasteiger partial charge is 0.355 e. The van der Waals surface area contributed by atoms with Crippen molar-refractivity contribution >= 4 is 5.91 Å². The van der Waals surface area contributed by atoms with Crippen LogP contribution in [0, 0.1) is 26.7 Å². The van der Waals surface area contributed by atoms with E-state index in [9.17, 15) is 4.79 Å². The molecule has 1 amide bonds. The van der Waals surface area contributed by atoms with Gasteiger partial charge in [0, 0.05) is 38.8 Å². The quantitative estimate of drug-likeness (QED) is 0.875. The fourth-order valence-electron chi connectivity index (χ4n) is 3.98. The van der Waals surface area contributed by atoms with Crippen molar-refractivity contribution in [2.45, 2.75) is 33.1 Å². The van der Waals surface area contributed by atoms with Gasteiger partial charge in [0.2, 0.25) is 5.91 Å². The van der Waals surface area contributed by atoms with Gasteiger partial charge < -0.3 is 10.6 Å². The second kappa shape index (κ2) is 7.40. The molecule has 5 heteroatoms. The fraction of sp³-hybridized carbons (Fsp3) is 0.500. The molecule has 1 saturated heterocycles. The summed E-state index contributed by atoms with van der Waals surface area (Å²) < 4.78 is 1.80. The summed E-state index contributed by atoms with van der Waals surface area (Å²) in [5, 5.41) is 10.7. The molecule has 134 valence electrons. The number of carbonyl (C=O) groups is 1. The molecule has 2 heterocycles. The molecule has 2 atom stereocenters. The molecule has 1 fully saturated rings. The number of aromatic nitrogens is 2. The Morgan fingerprint density at radius 3 is 2.64 bits per heavy atom. The highest BCUT2D eigenvalue weighted by Crippen LogP contribution is 2.27. The van der Waals surface area contributed by atoms with Gasteiger partial charge in [-0.1, -0.05) is 17.7 Å². The summed E-state index contributed by atoms with van der Waals surface area (Å²) in [6.45, 7) is 8.66. The first-order chi connectivity index (χ1) is 12.0. The predicted molar refractivity (Wildman–Crippen MR) is 99.7 cm³/mol. The van der Waals surface area contributed by atoms with Gasteiger partial charge in [0.15, 0.2) is 0 Å². The lowest BCUT2D eigenvalue weighted by Crippen LogP contribution is -2.35. The monoisotopic (exact) mass is 340 g/mol. The zero-order valence-corrected chi connectivity index (χ0v) is 15.6. The molecule has 2 N–H and O–H groups in total. The van der Waals surface area contributed by atoms with Crippen LogP contribution in [0.1, 0.15) is 33.7 Å². The maximum Gasteiger partial charge on any atom is 0.225 e. The van der Waals surface area contributed by atoms with Crippen molar-refractivity contribution in [2.24, 2.45) is 13.0 Å². The van der Waals surface area contributed by atoms with E-state index in [1.807, 2.05) is 19.4 Å². The van der Waals surface area contributed by atoms with Crippen LogP contribution in [0.25, 0.3) is 0 Å². The molecule has 1 aliphatic rings. The van der Waals surface area contributed by atoms with Gasteiger partial charge in [0.1, 0.15) is 0 Å². The molecule has 5 nitrogen and oxygen atoms in total. The Balaban J connectivity index is 1.59. The molecule has 0 aliphatic carbocycles. The van der Waals surface area contributed by atoms with Crippen LogP contribution in [0.15, 0.2) is 24.5 Å². The summed E-state index contributed by atoms with van der Waals surface area (Å²) in [5.74, 6) is 0.322. The van der Waals surface area contributed by atoms with E-state index in [1.165, 1.54) is 22.3 Å². The maximum absolute atomic E-state index is 12.7. The maximum atomic E-state index is 12.7. The molecule has 1 aromatic carbocycles. The summed E-state index contributed by atoms with van der Waals surface area (Å²) in [7, 11) is 1.91. The van der Waals surface area contributed by atoms with Crippen LogP contribution < -0.4 is 10.6 Å². The lowest BCUT2D eigenvalue weighted by molar-refractivity contribution is -0.124. The number of rotatable bonds is 5. The Morgan fingerprint density at radius 1 is 1.28 bits per heavy atom. The molecule has 0 saturated carbocycles. The molecular formula is C20H28N4O. The summed E-state index contributed by atoms with van der Waals surface area (Å²) >= 11 is 0. The summed E-state index contributed by atoms with van der Waals surface area (Å²) in [6, 6.07) is 4.42. The third kappa shape index (κ3) is 3.93. The van der Waals surface area contributed by atoms with Crippen LogP contribution in [-0.2, 0) is 18.3 Å². The molecule has 0 unspecified atom stereocenters. The van der Waals surface area contributed by atoms with E-state index in [1.54, 1.807) is 4.68 Å². The molecule has 1 aliphatic heterocycles. The van der Waals surface area contributed by atoms with Crippen molar-refractivity contribution in [3.63, 3.8) is 0 Å². The van der Waals surface area contributed by atoms with Crippen LogP contribution in [0.3, 0.4) is 0 Å². The van der Waals surface area contributed by atoms with Gasteiger partial charge in [-0.3, -0.25) is 9.48 Å². The van der Waals surface area contributed by atoms with Crippen molar-refractivity contribution in [3.05, 3.63) is 52.3 Å². The Morgan fingerprint density at radius 2 is 2.00 bits per heavy atom. The highest BCUT2D eigenvalue weighted by molar-refractivity contribution is 5.80. The normalized spacial score (nSPS) is 20.0. The zero-order chi connectivity index (χ0) is 18.0. The van der Waals surface area contributed by atoms with Gasteiger partial charge in [0.05, 0.1) is 12.1 Å². The van der Waals surface area contributed by atoms with Crippen LogP contribution in [0.2, 0.25) is 0 Å². The lowest BCUT2D eigenvalue weighted by atomic mass is 9.90. The first-order valence-electron chi connectivity index (χ1n) is 8.99. The first kappa shape index (κ1) is 17.7. The van der Waals surface area contributed by atoms with Crippen LogP contribution in [-0.4, -0.2) is 35.3 Å². The number of carbonyl (C=O) groups excluding carboxylic acids is 1.